The number of rotatable bonds is 12. The van der Waals surface area contributed by atoms with Crippen molar-refractivity contribution < 1.29 is 24.1 Å². The van der Waals surface area contributed by atoms with E-state index < -0.39 is 6.10 Å². The predicted molar refractivity (Wildman–Crippen MR) is 131 cm³/mol. The Bertz CT molecular complexity index is 999. The lowest BCUT2D eigenvalue weighted by molar-refractivity contribution is -0.136. The molecule has 1 aliphatic carbocycles. The lowest BCUT2D eigenvalue weighted by Gasteiger charge is -2.37. The molecule has 1 aromatic carbocycles. The second-order valence-corrected chi connectivity index (χ2v) is 9.65. The van der Waals surface area contributed by atoms with Crippen LogP contribution in [0.3, 0.4) is 0 Å². The van der Waals surface area contributed by atoms with E-state index in [1.54, 1.807) is 18.4 Å². The molecule has 8 heteroatoms. The molecule has 1 aromatic heterocycles. The van der Waals surface area contributed by atoms with Gasteiger partial charge in [-0.25, -0.2) is 0 Å². The van der Waals surface area contributed by atoms with Gasteiger partial charge in [0.25, 0.3) is 0 Å². The molecule has 2 unspecified atom stereocenters. The molecule has 2 heterocycles. The van der Waals surface area contributed by atoms with E-state index in [1.165, 1.54) is 4.88 Å². The molecule has 0 radical (unpaired) electrons. The van der Waals surface area contributed by atoms with E-state index in [-0.39, 0.29) is 31.7 Å². The lowest BCUT2D eigenvalue weighted by Crippen LogP contribution is -2.48. The molecule has 0 bridgehead atoms. The quantitative estimate of drug-likeness (QED) is 0.369. The summed E-state index contributed by atoms with van der Waals surface area (Å²) >= 11 is 1.73. The van der Waals surface area contributed by atoms with Gasteiger partial charge in [0.1, 0.15) is 13.2 Å². The Hall–Kier alpha value is -2.57. The number of para-hydroxylation sites is 2. The van der Waals surface area contributed by atoms with Crippen LogP contribution in [-0.2, 0) is 16.0 Å². The van der Waals surface area contributed by atoms with Crippen molar-refractivity contribution in [1.29, 1.82) is 0 Å². The van der Waals surface area contributed by atoms with Crippen LogP contribution < -0.4 is 9.47 Å². The molecular formula is C26H32N2O5S. The van der Waals surface area contributed by atoms with Gasteiger partial charge in [0.2, 0.25) is 5.91 Å². The summed E-state index contributed by atoms with van der Waals surface area (Å²) in [6.07, 6.45) is 7.45. The number of thiophene rings is 1. The SMILES string of the molecule is C#CCOCC(O)CN(CC(=O)N1CCc2sccc2C1COc1ccccc1OC)C1CC1. The van der Waals surface area contributed by atoms with Crippen molar-refractivity contribution in [2.45, 2.75) is 37.5 Å². The number of carbonyl (C=O) groups excluding carboxylic acids is 1. The predicted octanol–water partition coefficient (Wildman–Crippen LogP) is 2.74. The summed E-state index contributed by atoms with van der Waals surface area (Å²) in [4.78, 5) is 18.8. The van der Waals surface area contributed by atoms with Crippen LogP contribution in [0.5, 0.6) is 11.5 Å². The number of carbonyl (C=O) groups is 1. The van der Waals surface area contributed by atoms with Crippen LogP contribution in [0.15, 0.2) is 35.7 Å². The van der Waals surface area contributed by atoms with Crippen LogP contribution in [0, 0.1) is 12.3 Å². The molecule has 0 spiro atoms. The zero-order valence-electron chi connectivity index (χ0n) is 19.5. The molecule has 1 amide bonds. The van der Waals surface area contributed by atoms with Crippen molar-refractivity contribution in [1.82, 2.24) is 9.80 Å². The third kappa shape index (κ3) is 6.10. The molecule has 182 valence electrons. The highest BCUT2D eigenvalue weighted by Gasteiger charge is 2.36. The largest absolute Gasteiger partial charge is 0.493 e. The van der Waals surface area contributed by atoms with E-state index in [4.69, 9.17) is 20.6 Å². The smallest absolute Gasteiger partial charge is 0.237 e. The Balaban J connectivity index is 1.44. The molecule has 34 heavy (non-hydrogen) atoms. The minimum atomic E-state index is -0.684. The van der Waals surface area contributed by atoms with Gasteiger partial charge in [0.05, 0.1) is 32.4 Å². The maximum absolute atomic E-state index is 13.5. The highest BCUT2D eigenvalue weighted by atomic mass is 32.1. The van der Waals surface area contributed by atoms with Gasteiger partial charge in [-0.3, -0.25) is 9.69 Å². The minimum Gasteiger partial charge on any atom is -0.493 e. The second-order valence-electron chi connectivity index (χ2n) is 8.65. The Morgan fingerprint density at radius 1 is 1.32 bits per heavy atom. The van der Waals surface area contributed by atoms with Crippen LogP contribution in [0.4, 0.5) is 0 Å². The highest BCUT2D eigenvalue weighted by molar-refractivity contribution is 7.10. The van der Waals surface area contributed by atoms with Gasteiger partial charge in [-0.2, -0.15) is 0 Å². The minimum absolute atomic E-state index is 0.0501. The van der Waals surface area contributed by atoms with E-state index in [0.29, 0.717) is 37.2 Å². The third-order valence-corrected chi connectivity index (χ3v) is 7.22. The zero-order valence-corrected chi connectivity index (χ0v) is 20.3. The highest BCUT2D eigenvalue weighted by Crippen LogP contribution is 2.36. The molecule has 1 saturated carbocycles. The van der Waals surface area contributed by atoms with Crippen molar-refractivity contribution in [2.75, 3.05) is 46.6 Å². The van der Waals surface area contributed by atoms with E-state index in [2.05, 4.69) is 22.3 Å². The number of terminal acetylenes is 1. The van der Waals surface area contributed by atoms with Gasteiger partial charge in [0, 0.05) is 24.0 Å². The maximum atomic E-state index is 13.5. The number of aliphatic hydroxyl groups is 1. The van der Waals surface area contributed by atoms with Gasteiger partial charge in [-0.15, -0.1) is 17.8 Å². The average molecular weight is 485 g/mol. The van der Waals surface area contributed by atoms with E-state index >= 15 is 0 Å². The number of hydrogen-bond acceptors (Lipinski definition) is 7. The molecule has 1 aliphatic heterocycles. The van der Waals surface area contributed by atoms with Gasteiger partial charge in [-0.1, -0.05) is 18.1 Å². The summed E-state index contributed by atoms with van der Waals surface area (Å²) in [6.45, 7) is 1.99. The Labute approximate surface area is 205 Å². The van der Waals surface area contributed by atoms with E-state index in [1.807, 2.05) is 29.2 Å². The van der Waals surface area contributed by atoms with Gasteiger partial charge in [-0.05, 0) is 48.4 Å². The molecule has 0 saturated heterocycles. The third-order valence-electron chi connectivity index (χ3n) is 6.22. The van der Waals surface area contributed by atoms with Gasteiger partial charge in [0.15, 0.2) is 11.5 Å². The fraction of sp³-hybridized carbons (Fsp3) is 0.500. The molecule has 1 fully saturated rings. The van der Waals surface area contributed by atoms with E-state index in [9.17, 15) is 9.90 Å². The number of fused-ring (bicyclic) bond motifs is 1. The van der Waals surface area contributed by atoms with Crippen molar-refractivity contribution in [3.05, 3.63) is 46.2 Å². The Kier molecular flexibility index (Phi) is 8.46. The standard InChI is InChI=1S/C26H32N2O5S/c1-3-13-32-17-20(29)15-27(19-8-9-19)16-26(30)28-12-10-25-21(11-14-34-25)22(28)18-33-24-7-5-4-6-23(24)31-2/h1,4-7,11,14,19-20,22,29H,8-10,12-13,15-18H2,2H3. The first-order chi connectivity index (χ1) is 16.6. The second kappa shape index (κ2) is 11.7. The summed E-state index contributed by atoms with van der Waals surface area (Å²) in [5.74, 6) is 3.78. The normalized spacial score (nSPS) is 18.3. The first kappa shape index (κ1) is 24.6. The van der Waals surface area contributed by atoms with Crippen molar-refractivity contribution in [3.8, 4) is 23.8 Å². The summed E-state index contributed by atoms with van der Waals surface area (Å²) < 4.78 is 16.8. The fourth-order valence-corrected chi connectivity index (χ4v) is 5.33. The average Bonchev–Trinajstić information content (AvgIpc) is 3.59. The first-order valence-corrected chi connectivity index (χ1v) is 12.5. The Morgan fingerprint density at radius 2 is 2.12 bits per heavy atom. The van der Waals surface area contributed by atoms with E-state index in [0.717, 1.165) is 24.8 Å². The fourth-order valence-electron chi connectivity index (χ4n) is 4.41. The molecule has 4 rings (SSSR count). The molecule has 2 aromatic rings. The first-order valence-electron chi connectivity index (χ1n) is 11.7. The number of aliphatic hydroxyl groups excluding tert-OH is 1. The number of ether oxygens (including phenoxy) is 3. The van der Waals surface area contributed by atoms with Crippen LogP contribution in [0.1, 0.15) is 29.3 Å². The molecule has 1 N–H and O–H groups in total. The summed E-state index contributed by atoms with van der Waals surface area (Å²) in [5, 5.41) is 12.5. The molecule has 2 aliphatic rings. The Morgan fingerprint density at radius 3 is 2.85 bits per heavy atom. The zero-order chi connectivity index (χ0) is 23.9. The number of methoxy groups -OCH3 is 1. The van der Waals surface area contributed by atoms with Crippen LogP contribution >= 0.6 is 11.3 Å². The summed E-state index contributed by atoms with van der Waals surface area (Å²) in [5.41, 5.74) is 1.15. The maximum Gasteiger partial charge on any atom is 0.237 e. The summed E-state index contributed by atoms with van der Waals surface area (Å²) in [7, 11) is 1.62. The van der Waals surface area contributed by atoms with Crippen molar-refractivity contribution in [2.24, 2.45) is 0 Å². The molecular weight excluding hydrogens is 452 g/mol. The van der Waals surface area contributed by atoms with Crippen molar-refractivity contribution >= 4 is 17.2 Å². The number of hydrogen-bond donors (Lipinski definition) is 1. The number of benzene rings is 1. The topological polar surface area (TPSA) is 71.5 Å². The number of amides is 1. The van der Waals surface area contributed by atoms with Crippen LogP contribution in [0.2, 0.25) is 0 Å². The van der Waals surface area contributed by atoms with Crippen LogP contribution in [0.25, 0.3) is 0 Å². The lowest BCUT2D eigenvalue weighted by atomic mass is 10.0. The molecule has 2 atom stereocenters. The monoisotopic (exact) mass is 484 g/mol. The van der Waals surface area contributed by atoms with Gasteiger partial charge >= 0.3 is 0 Å². The van der Waals surface area contributed by atoms with Crippen LogP contribution in [-0.4, -0.2) is 79.5 Å². The van der Waals surface area contributed by atoms with Crippen molar-refractivity contribution in [3.63, 3.8) is 0 Å². The molecule has 7 nitrogen and oxygen atoms in total. The number of nitrogens with zero attached hydrogens (tertiary/aromatic N) is 2. The summed E-state index contributed by atoms with van der Waals surface area (Å²) in [6, 6.07) is 9.80. The van der Waals surface area contributed by atoms with Gasteiger partial charge < -0.3 is 24.2 Å².